The van der Waals surface area contributed by atoms with Crippen LogP contribution in [0.4, 0.5) is 0 Å². The van der Waals surface area contributed by atoms with Crippen molar-refractivity contribution >= 4 is 34.9 Å². The SMILES string of the molecule is C[C@]12CC[C@H]3[C@@H](CNC4=CC(=O)CC[C@@]43C)[C@@H]1CC[C@@H]2C(=O)NC1(c2ccc(Cl)cc2Cl)CC1. The third-order valence-electron chi connectivity index (χ3n) is 10.5. The van der Waals surface area contributed by atoms with E-state index in [0.717, 1.165) is 62.8 Å². The Balaban J connectivity index is 1.22. The molecule has 2 N–H and O–H groups in total. The highest BCUT2D eigenvalue weighted by Crippen LogP contribution is 2.64. The van der Waals surface area contributed by atoms with Crippen LogP contribution in [0.15, 0.2) is 30.0 Å². The number of hydrogen-bond donors (Lipinski definition) is 2. The molecule has 1 aromatic rings. The van der Waals surface area contributed by atoms with Crippen molar-refractivity contribution in [1.82, 2.24) is 10.6 Å². The predicted molar refractivity (Wildman–Crippen MR) is 134 cm³/mol. The van der Waals surface area contributed by atoms with E-state index >= 15 is 0 Å². The number of fused-ring (bicyclic) bond motifs is 5. The zero-order chi connectivity index (χ0) is 23.9. The van der Waals surface area contributed by atoms with Crippen LogP contribution in [0.5, 0.6) is 0 Å². The van der Waals surface area contributed by atoms with Gasteiger partial charge in [0.2, 0.25) is 5.91 Å². The van der Waals surface area contributed by atoms with Gasteiger partial charge in [0, 0.05) is 46.1 Å². The van der Waals surface area contributed by atoms with E-state index < -0.39 is 0 Å². The lowest BCUT2D eigenvalue weighted by atomic mass is 9.50. The number of hydrogen-bond acceptors (Lipinski definition) is 3. The maximum Gasteiger partial charge on any atom is 0.224 e. The number of halogens is 2. The van der Waals surface area contributed by atoms with Crippen molar-refractivity contribution in [2.75, 3.05) is 6.54 Å². The molecule has 6 heteroatoms. The molecule has 1 heterocycles. The van der Waals surface area contributed by atoms with Gasteiger partial charge in [0.15, 0.2) is 5.78 Å². The van der Waals surface area contributed by atoms with Crippen molar-refractivity contribution in [1.29, 1.82) is 0 Å². The van der Waals surface area contributed by atoms with Crippen LogP contribution in [0.1, 0.15) is 70.8 Å². The summed E-state index contributed by atoms with van der Waals surface area (Å²) in [6.45, 7) is 5.67. The van der Waals surface area contributed by atoms with Crippen LogP contribution < -0.4 is 10.6 Å². The van der Waals surface area contributed by atoms with Crippen LogP contribution in [-0.4, -0.2) is 18.2 Å². The fourth-order valence-corrected chi connectivity index (χ4v) is 8.95. The zero-order valence-electron chi connectivity index (χ0n) is 20.1. The van der Waals surface area contributed by atoms with Crippen molar-refractivity contribution < 1.29 is 9.59 Å². The van der Waals surface area contributed by atoms with Crippen LogP contribution >= 0.6 is 23.2 Å². The Morgan fingerprint density at radius 2 is 1.85 bits per heavy atom. The molecule has 1 amide bonds. The largest absolute Gasteiger partial charge is 0.387 e. The number of rotatable bonds is 3. The van der Waals surface area contributed by atoms with Crippen molar-refractivity contribution in [2.24, 2.45) is 34.5 Å². The molecule has 0 aromatic heterocycles. The summed E-state index contributed by atoms with van der Waals surface area (Å²) >= 11 is 12.6. The second kappa shape index (κ2) is 7.74. The van der Waals surface area contributed by atoms with E-state index in [2.05, 4.69) is 24.5 Å². The third kappa shape index (κ3) is 3.31. The summed E-state index contributed by atoms with van der Waals surface area (Å²) in [7, 11) is 0. The van der Waals surface area contributed by atoms with E-state index in [-0.39, 0.29) is 34.0 Å². The molecular formula is C28H34Cl2N2O2. The summed E-state index contributed by atoms with van der Waals surface area (Å²) in [6, 6.07) is 5.61. The summed E-state index contributed by atoms with van der Waals surface area (Å²) in [5.41, 5.74) is 1.91. The minimum atomic E-state index is -0.335. The molecule has 0 radical (unpaired) electrons. The van der Waals surface area contributed by atoms with Gasteiger partial charge in [-0.2, -0.15) is 0 Å². The van der Waals surface area contributed by atoms with Gasteiger partial charge in [-0.05, 0) is 85.8 Å². The number of carbonyl (C=O) groups is 2. The summed E-state index contributed by atoms with van der Waals surface area (Å²) in [4.78, 5) is 25.8. The molecule has 1 saturated heterocycles. The number of piperidine rings is 1. The first-order valence-corrected chi connectivity index (χ1v) is 13.7. The molecule has 0 spiro atoms. The molecule has 4 nitrogen and oxygen atoms in total. The second-order valence-electron chi connectivity index (χ2n) is 12.1. The fourth-order valence-electron chi connectivity index (χ4n) is 8.36. The van der Waals surface area contributed by atoms with E-state index in [4.69, 9.17) is 23.2 Å². The normalized spacial score (nSPS) is 39.8. The van der Waals surface area contributed by atoms with E-state index in [0.29, 0.717) is 34.2 Å². The lowest BCUT2D eigenvalue weighted by Crippen LogP contribution is -2.57. The van der Waals surface area contributed by atoms with Gasteiger partial charge in [-0.1, -0.05) is 43.1 Å². The molecule has 0 unspecified atom stereocenters. The molecule has 3 saturated carbocycles. The topological polar surface area (TPSA) is 58.2 Å². The molecular weight excluding hydrogens is 467 g/mol. The quantitative estimate of drug-likeness (QED) is 0.533. The number of benzene rings is 1. The van der Waals surface area contributed by atoms with E-state index in [1.165, 1.54) is 0 Å². The second-order valence-corrected chi connectivity index (χ2v) is 12.9. The standard InChI is InChI=1S/C28H34Cl2N2O2/c1-26-10-8-20-18(15-31-24-14-17(33)7-9-27(20,24)2)19(26)5-6-22(26)25(34)32-28(11-12-28)21-4-3-16(29)13-23(21)30/h3-4,13-14,18-20,22,31H,5-12,15H2,1-2H3,(H,32,34)/t18-,19-,20-,22+,26-,27+/m0/s1. The summed E-state index contributed by atoms with van der Waals surface area (Å²) in [5.74, 6) is 2.19. The van der Waals surface area contributed by atoms with Crippen molar-refractivity contribution in [3.05, 3.63) is 45.6 Å². The van der Waals surface area contributed by atoms with Crippen LogP contribution in [0.3, 0.4) is 0 Å². The van der Waals surface area contributed by atoms with Crippen LogP contribution in [-0.2, 0) is 15.1 Å². The van der Waals surface area contributed by atoms with Crippen LogP contribution in [0.25, 0.3) is 0 Å². The van der Waals surface area contributed by atoms with E-state index in [9.17, 15) is 9.59 Å². The average Bonchev–Trinajstić information content (AvgIpc) is 3.46. The Morgan fingerprint density at radius 3 is 2.59 bits per heavy atom. The average molecular weight is 501 g/mol. The summed E-state index contributed by atoms with van der Waals surface area (Å²) in [6.07, 6.45) is 9.62. The predicted octanol–water partition coefficient (Wildman–Crippen LogP) is 6.01. The fraction of sp³-hybridized carbons (Fsp3) is 0.643. The molecule has 6 atom stereocenters. The maximum atomic E-state index is 13.8. The van der Waals surface area contributed by atoms with Crippen LogP contribution in [0, 0.1) is 34.5 Å². The lowest BCUT2D eigenvalue weighted by molar-refractivity contribution is -0.133. The van der Waals surface area contributed by atoms with Crippen LogP contribution in [0.2, 0.25) is 10.0 Å². The number of amides is 1. The zero-order valence-corrected chi connectivity index (χ0v) is 21.6. The van der Waals surface area contributed by atoms with Gasteiger partial charge in [0.25, 0.3) is 0 Å². The molecule has 6 rings (SSSR count). The Kier molecular flexibility index (Phi) is 5.21. The Morgan fingerprint density at radius 1 is 1.06 bits per heavy atom. The van der Waals surface area contributed by atoms with E-state index in [1.807, 2.05) is 18.2 Å². The molecule has 5 aliphatic rings. The molecule has 4 fully saturated rings. The van der Waals surface area contributed by atoms with Gasteiger partial charge in [-0.25, -0.2) is 0 Å². The van der Waals surface area contributed by atoms with Gasteiger partial charge in [-0.15, -0.1) is 0 Å². The van der Waals surface area contributed by atoms with Crippen molar-refractivity contribution in [3.63, 3.8) is 0 Å². The first-order chi connectivity index (χ1) is 16.2. The highest BCUT2D eigenvalue weighted by molar-refractivity contribution is 6.35. The number of carbonyl (C=O) groups excluding carboxylic acids is 2. The first kappa shape index (κ1) is 22.9. The smallest absolute Gasteiger partial charge is 0.224 e. The molecule has 0 bridgehead atoms. The summed E-state index contributed by atoms with van der Waals surface area (Å²) < 4.78 is 0. The first-order valence-electron chi connectivity index (χ1n) is 12.9. The van der Waals surface area contributed by atoms with Crippen molar-refractivity contribution in [2.45, 2.75) is 70.8 Å². The maximum absolute atomic E-state index is 13.8. The lowest BCUT2D eigenvalue weighted by Gasteiger charge is -2.58. The number of allylic oxidation sites excluding steroid dienone is 2. The van der Waals surface area contributed by atoms with Gasteiger partial charge in [0.1, 0.15) is 0 Å². The Labute approximate surface area is 212 Å². The number of nitrogens with one attached hydrogen (secondary N) is 2. The molecule has 34 heavy (non-hydrogen) atoms. The van der Waals surface area contributed by atoms with Gasteiger partial charge in [0.05, 0.1) is 5.54 Å². The highest BCUT2D eigenvalue weighted by Gasteiger charge is 2.61. The highest BCUT2D eigenvalue weighted by atomic mass is 35.5. The van der Waals surface area contributed by atoms with E-state index in [1.54, 1.807) is 6.07 Å². The molecule has 1 aliphatic heterocycles. The monoisotopic (exact) mass is 500 g/mol. The van der Waals surface area contributed by atoms with Gasteiger partial charge < -0.3 is 10.6 Å². The Bertz CT molecular complexity index is 1100. The minimum absolute atomic E-state index is 0.0227. The minimum Gasteiger partial charge on any atom is -0.387 e. The van der Waals surface area contributed by atoms with Gasteiger partial charge in [-0.3, -0.25) is 9.59 Å². The molecule has 4 aliphatic carbocycles. The molecule has 182 valence electrons. The third-order valence-corrected chi connectivity index (χ3v) is 11.0. The Hall–Kier alpha value is -1.52. The molecule has 1 aromatic carbocycles. The van der Waals surface area contributed by atoms with Crippen molar-refractivity contribution in [3.8, 4) is 0 Å². The summed E-state index contributed by atoms with van der Waals surface area (Å²) in [5, 5.41) is 8.36. The number of ketones is 1. The van der Waals surface area contributed by atoms with Gasteiger partial charge >= 0.3 is 0 Å².